The van der Waals surface area contributed by atoms with Gasteiger partial charge in [-0.05, 0) is 56.2 Å². The number of anilines is 1. The minimum atomic E-state index is -0.506. The first-order valence-electron chi connectivity index (χ1n) is 9.16. The van der Waals surface area contributed by atoms with E-state index in [4.69, 9.17) is 14.7 Å². The number of carbonyl (C=O) groups excluding carboxylic acids is 2. The molecule has 7 heteroatoms. The molecule has 0 saturated heterocycles. The quantitative estimate of drug-likeness (QED) is 0.592. The Morgan fingerprint density at radius 3 is 2.50 bits per heavy atom. The number of esters is 1. The highest BCUT2D eigenvalue weighted by Crippen LogP contribution is 2.23. The van der Waals surface area contributed by atoms with Crippen LogP contribution in [0.15, 0.2) is 30.3 Å². The van der Waals surface area contributed by atoms with Crippen LogP contribution in [-0.4, -0.2) is 31.6 Å². The summed E-state index contributed by atoms with van der Waals surface area (Å²) in [6.07, 6.45) is 1.03. The molecule has 0 aliphatic rings. The number of aryl methyl sites for hydroxylation is 2. The standard InChI is InChI=1S/C21H24N2O4S/c1-4-18-15(3)13-19(28-18)21(25)27-14-20(24)23(12-6-11-22)16-7-9-17(10-8-16)26-5-2/h7-10,13H,4-6,12,14H2,1-3H3. The van der Waals surface area contributed by atoms with Crippen molar-refractivity contribution < 1.29 is 19.1 Å². The minimum Gasteiger partial charge on any atom is -0.494 e. The van der Waals surface area contributed by atoms with Crippen LogP contribution in [0.25, 0.3) is 0 Å². The summed E-state index contributed by atoms with van der Waals surface area (Å²) in [6, 6.07) is 10.8. The SMILES string of the molecule is CCOc1ccc(N(CCC#N)C(=O)COC(=O)c2cc(C)c(CC)s2)cc1. The lowest BCUT2D eigenvalue weighted by Crippen LogP contribution is -2.35. The summed E-state index contributed by atoms with van der Waals surface area (Å²) < 4.78 is 10.6. The maximum absolute atomic E-state index is 12.6. The van der Waals surface area contributed by atoms with Crippen LogP contribution in [0, 0.1) is 18.3 Å². The van der Waals surface area contributed by atoms with Gasteiger partial charge in [-0.3, -0.25) is 4.79 Å². The lowest BCUT2D eigenvalue weighted by atomic mass is 10.2. The normalized spacial score (nSPS) is 10.2. The molecule has 0 fully saturated rings. The molecule has 1 heterocycles. The van der Waals surface area contributed by atoms with Crippen LogP contribution in [0.3, 0.4) is 0 Å². The van der Waals surface area contributed by atoms with Crippen molar-refractivity contribution >= 4 is 28.9 Å². The number of nitrogens with zero attached hydrogens (tertiary/aromatic N) is 2. The summed E-state index contributed by atoms with van der Waals surface area (Å²) in [5.74, 6) is -0.185. The van der Waals surface area contributed by atoms with Gasteiger partial charge in [-0.1, -0.05) is 6.92 Å². The van der Waals surface area contributed by atoms with Crippen molar-refractivity contribution in [2.75, 3.05) is 24.7 Å². The molecule has 1 amide bonds. The molecule has 1 aromatic heterocycles. The zero-order valence-corrected chi connectivity index (χ0v) is 17.2. The Hall–Kier alpha value is -2.85. The molecular formula is C21H24N2O4S. The topological polar surface area (TPSA) is 79.6 Å². The highest BCUT2D eigenvalue weighted by atomic mass is 32.1. The first-order valence-corrected chi connectivity index (χ1v) is 9.98. The largest absolute Gasteiger partial charge is 0.494 e. The summed E-state index contributed by atoms with van der Waals surface area (Å²) in [5.41, 5.74) is 1.68. The number of ether oxygens (including phenoxy) is 2. The molecule has 0 aliphatic heterocycles. The average Bonchev–Trinajstić information content (AvgIpc) is 3.08. The number of rotatable bonds is 9. The Morgan fingerprint density at radius 1 is 1.21 bits per heavy atom. The first kappa shape index (κ1) is 21.5. The van der Waals surface area contributed by atoms with Gasteiger partial charge >= 0.3 is 5.97 Å². The number of nitriles is 1. The van der Waals surface area contributed by atoms with Gasteiger partial charge in [0.1, 0.15) is 10.6 Å². The smallest absolute Gasteiger partial charge is 0.348 e. The number of benzene rings is 1. The predicted molar refractivity (Wildman–Crippen MR) is 109 cm³/mol. The maximum Gasteiger partial charge on any atom is 0.348 e. The van der Waals surface area contributed by atoms with E-state index in [1.54, 1.807) is 30.3 Å². The highest BCUT2D eigenvalue weighted by molar-refractivity contribution is 7.14. The number of hydrogen-bond acceptors (Lipinski definition) is 6. The number of amides is 1. The molecule has 2 aromatic rings. The van der Waals surface area contributed by atoms with Gasteiger partial charge in [0, 0.05) is 17.1 Å². The summed E-state index contributed by atoms with van der Waals surface area (Å²) in [4.78, 5) is 28.0. The molecule has 28 heavy (non-hydrogen) atoms. The summed E-state index contributed by atoms with van der Waals surface area (Å²) in [5, 5.41) is 8.88. The van der Waals surface area contributed by atoms with Gasteiger partial charge in [-0.15, -0.1) is 11.3 Å². The minimum absolute atomic E-state index is 0.177. The van der Waals surface area contributed by atoms with Crippen LogP contribution in [-0.2, 0) is 16.0 Å². The zero-order chi connectivity index (χ0) is 20.5. The van der Waals surface area contributed by atoms with E-state index in [1.165, 1.54) is 16.2 Å². The lowest BCUT2D eigenvalue weighted by Gasteiger charge is -2.22. The molecule has 0 atom stereocenters. The molecule has 0 saturated carbocycles. The van der Waals surface area contributed by atoms with Crippen molar-refractivity contribution in [3.8, 4) is 11.8 Å². The fourth-order valence-corrected chi connectivity index (χ4v) is 3.70. The third-order valence-corrected chi connectivity index (χ3v) is 5.44. The first-order chi connectivity index (χ1) is 13.5. The van der Waals surface area contributed by atoms with Crippen molar-refractivity contribution in [3.63, 3.8) is 0 Å². The van der Waals surface area contributed by atoms with Crippen LogP contribution in [0.4, 0.5) is 5.69 Å². The Morgan fingerprint density at radius 2 is 1.93 bits per heavy atom. The van der Waals surface area contributed by atoms with Gasteiger partial charge in [-0.2, -0.15) is 5.26 Å². The van der Waals surface area contributed by atoms with E-state index in [-0.39, 0.29) is 25.5 Å². The number of hydrogen-bond donors (Lipinski definition) is 0. The molecule has 0 N–H and O–H groups in total. The van der Waals surface area contributed by atoms with Crippen LogP contribution in [0.2, 0.25) is 0 Å². The summed E-state index contributed by atoms with van der Waals surface area (Å²) in [6.45, 7) is 6.26. The molecule has 0 radical (unpaired) electrons. The maximum atomic E-state index is 12.6. The second-order valence-electron chi connectivity index (χ2n) is 6.03. The Bertz CT molecular complexity index is 852. The lowest BCUT2D eigenvalue weighted by molar-refractivity contribution is -0.121. The van der Waals surface area contributed by atoms with Gasteiger partial charge in [0.2, 0.25) is 0 Å². The third kappa shape index (κ3) is 5.57. The number of thiophene rings is 1. The second-order valence-corrected chi connectivity index (χ2v) is 7.16. The zero-order valence-electron chi connectivity index (χ0n) is 16.4. The van der Waals surface area contributed by atoms with Crippen molar-refractivity contribution in [1.29, 1.82) is 5.26 Å². The van der Waals surface area contributed by atoms with Crippen molar-refractivity contribution in [2.45, 2.75) is 33.6 Å². The van der Waals surface area contributed by atoms with Crippen molar-refractivity contribution in [1.82, 2.24) is 0 Å². The van der Waals surface area contributed by atoms with E-state index in [0.717, 1.165) is 16.9 Å². The Balaban J connectivity index is 2.05. The summed E-state index contributed by atoms with van der Waals surface area (Å²) >= 11 is 1.39. The van der Waals surface area contributed by atoms with E-state index in [2.05, 4.69) is 0 Å². The molecular weight excluding hydrogens is 376 g/mol. The third-order valence-electron chi connectivity index (χ3n) is 4.08. The van der Waals surface area contributed by atoms with E-state index in [1.807, 2.05) is 26.8 Å². The molecule has 1 aromatic carbocycles. The molecule has 0 unspecified atom stereocenters. The van der Waals surface area contributed by atoms with Crippen LogP contribution in [0.1, 0.15) is 40.4 Å². The van der Waals surface area contributed by atoms with E-state index in [0.29, 0.717) is 22.9 Å². The van der Waals surface area contributed by atoms with Crippen LogP contribution in [0.5, 0.6) is 5.75 Å². The summed E-state index contributed by atoms with van der Waals surface area (Å²) in [7, 11) is 0. The fourth-order valence-electron chi connectivity index (χ4n) is 2.70. The van der Waals surface area contributed by atoms with Crippen LogP contribution < -0.4 is 9.64 Å². The van der Waals surface area contributed by atoms with Gasteiger partial charge in [0.25, 0.3) is 5.91 Å². The second kappa shape index (κ2) is 10.5. The van der Waals surface area contributed by atoms with E-state index in [9.17, 15) is 9.59 Å². The monoisotopic (exact) mass is 400 g/mol. The van der Waals surface area contributed by atoms with Gasteiger partial charge in [0.05, 0.1) is 19.1 Å². The van der Waals surface area contributed by atoms with E-state index < -0.39 is 5.97 Å². The fraction of sp³-hybridized carbons (Fsp3) is 0.381. The van der Waals surface area contributed by atoms with Crippen molar-refractivity contribution in [3.05, 3.63) is 45.6 Å². The highest BCUT2D eigenvalue weighted by Gasteiger charge is 2.19. The van der Waals surface area contributed by atoms with Crippen molar-refractivity contribution in [2.24, 2.45) is 0 Å². The molecule has 0 aliphatic carbocycles. The van der Waals surface area contributed by atoms with Crippen LogP contribution >= 0.6 is 11.3 Å². The van der Waals surface area contributed by atoms with E-state index >= 15 is 0 Å². The van der Waals surface area contributed by atoms with Gasteiger partial charge in [-0.25, -0.2) is 4.79 Å². The molecule has 6 nitrogen and oxygen atoms in total. The number of carbonyl (C=O) groups is 2. The molecule has 0 spiro atoms. The Labute approximate surface area is 169 Å². The molecule has 0 bridgehead atoms. The molecule has 2 rings (SSSR count). The van der Waals surface area contributed by atoms with Gasteiger partial charge < -0.3 is 14.4 Å². The van der Waals surface area contributed by atoms with Gasteiger partial charge in [0.15, 0.2) is 6.61 Å². The predicted octanol–water partition coefficient (Wildman–Crippen LogP) is 4.12. The average molecular weight is 401 g/mol. The molecule has 148 valence electrons. The Kier molecular flexibility index (Phi) is 8.02.